The number of ether oxygens (including phenoxy) is 1. The quantitative estimate of drug-likeness (QED) is 0.570. The lowest BCUT2D eigenvalue weighted by Gasteiger charge is -2.44. The van der Waals surface area contributed by atoms with Gasteiger partial charge in [0.25, 0.3) is 0 Å². The summed E-state index contributed by atoms with van der Waals surface area (Å²) >= 11 is 0. The summed E-state index contributed by atoms with van der Waals surface area (Å²) in [5, 5.41) is 0. The fourth-order valence-corrected chi connectivity index (χ4v) is 2.47. The maximum atomic E-state index is 11.3. The zero-order chi connectivity index (χ0) is 7.84. The summed E-state index contributed by atoms with van der Waals surface area (Å²) < 4.78 is 5.12. The summed E-state index contributed by atoms with van der Waals surface area (Å²) in [6, 6.07) is 0. The molecular weight excluding hydrogens is 140 g/mol. The van der Waals surface area contributed by atoms with E-state index in [0.29, 0.717) is 17.6 Å². The Morgan fingerprint density at radius 2 is 2.09 bits per heavy atom. The molecule has 1 unspecified atom stereocenters. The fourth-order valence-electron chi connectivity index (χ4n) is 2.47. The maximum Gasteiger partial charge on any atom is 0.165 e. The van der Waals surface area contributed by atoms with Crippen molar-refractivity contribution in [3.63, 3.8) is 0 Å². The zero-order valence-corrected chi connectivity index (χ0v) is 6.88. The average molecular weight is 154 g/mol. The first-order chi connectivity index (χ1) is 5.34. The van der Waals surface area contributed by atoms with Crippen molar-refractivity contribution in [1.82, 2.24) is 0 Å². The molecule has 0 amide bonds. The van der Waals surface area contributed by atoms with Crippen molar-refractivity contribution >= 4 is 5.78 Å². The predicted molar refractivity (Wildman–Crippen MR) is 41.3 cm³/mol. The maximum absolute atomic E-state index is 11.3. The number of hydrogen-bond donors (Lipinski definition) is 0. The van der Waals surface area contributed by atoms with Crippen LogP contribution in [0.2, 0.25) is 0 Å². The number of ketones is 1. The normalized spacial score (nSPS) is 43.0. The molecule has 0 aromatic rings. The fraction of sp³-hybridized carbons (Fsp3) is 0.889. The third-order valence-electron chi connectivity index (χ3n) is 3.11. The molecule has 0 aromatic carbocycles. The van der Waals surface area contributed by atoms with Gasteiger partial charge >= 0.3 is 0 Å². The predicted octanol–water partition coefficient (Wildman–Crippen LogP) is 1.39. The lowest BCUT2D eigenvalue weighted by molar-refractivity contribution is -0.159. The first-order valence-corrected chi connectivity index (χ1v) is 4.41. The van der Waals surface area contributed by atoms with E-state index in [1.807, 2.05) is 0 Å². The average Bonchev–Trinajstić information content (AvgIpc) is 2.05. The summed E-state index contributed by atoms with van der Waals surface area (Å²) in [6.45, 7) is 0. The van der Waals surface area contributed by atoms with Gasteiger partial charge in [0, 0.05) is 18.9 Å². The van der Waals surface area contributed by atoms with E-state index in [9.17, 15) is 4.79 Å². The Bertz CT molecular complexity index is 168. The number of carbonyl (C=O) groups excluding carboxylic acids is 1. The highest BCUT2D eigenvalue weighted by Crippen LogP contribution is 2.43. The van der Waals surface area contributed by atoms with Gasteiger partial charge in [-0.15, -0.1) is 0 Å². The minimum Gasteiger partial charge on any atom is -0.373 e. The van der Waals surface area contributed by atoms with Gasteiger partial charge in [-0.3, -0.25) is 4.79 Å². The van der Waals surface area contributed by atoms with Crippen LogP contribution in [-0.4, -0.2) is 19.0 Å². The standard InChI is InChI=1S/C9H14O2/c1-11-9-7-5-3-2-4-6(7)8(9)10/h6-7,9H,2-5H2,1H3/t6-,7+,9?/m1/s1. The summed E-state index contributed by atoms with van der Waals surface area (Å²) in [4.78, 5) is 11.3. The molecule has 2 fully saturated rings. The van der Waals surface area contributed by atoms with Crippen LogP contribution in [0.1, 0.15) is 25.7 Å². The van der Waals surface area contributed by atoms with Gasteiger partial charge in [-0.05, 0) is 12.8 Å². The Morgan fingerprint density at radius 1 is 1.36 bits per heavy atom. The van der Waals surface area contributed by atoms with Crippen molar-refractivity contribution < 1.29 is 9.53 Å². The molecule has 2 rings (SSSR count). The van der Waals surface area contributed by atoms with Gasteiger partial charge in [0.1, 0.15) is 6.10 Å². The second-order valence-corrected chi connectivity index (χ2v) is 3.61. The second-order valence-electron chi connectivity index (χ2n) is 3.61. The van der Waals surface area contributed by atoms with Crippen molar-refractivity contribution in [3.8, 4) is 0 Å². The third-order valence-corrected chi connectivity index (χ3v) is 3.11. The van der Waals surface area contributed by atoms with Gasteiger partial charge in [-0.25, -0.2) is 0 Å². The number of fused-ring (bicyclic) bond motifs is 1. The van der Waals surface area contributed by atoms with Gasteiger partial charge in [-0.2, -0.15) is 0 Å². The molecule has 2 aliphatic rings. The molecule has 3 atom stereocenters. The zero-order valence-electron chi connectivity index (χ0n) is 6.88. The molecule has 2 heteroatoms. The molecule has 0 aliphatic heterocycles. The van der Waals surface area contributed by atoms with Crippen LogP contribution < -0.4 is 0 Å². The van der Waals surface area contributed by atoms with E-state index in [-0.39, 0.29) is 6.10 Å². The lowest BCUT2D eigenvalue weighted by atomic mass is 9.62. The molecular formula is C9H14O2. The number of methoxy groups -OCH3 is 1. The molecule has 0 aromatic heterocycles. The monoisotopic (exact) mass is 154 g/mol. The van der Waals surface area contributed by atoms with E-state index in [2.05, 4.69) is 0 Å². The topological polar surface area (TPSA) is 26.3 Å². The van der Waals surface area contributed by atoms with Crippen molar-refractivity contribution in [2.24, 2.45) is 11.8 Å². The highest BCUT2D eigenvalue weighted by atomic mass is 16.5. The van der Waals surface area contributed by atoms with Gasteiger partial charge in [0.2, 0.25) is 0 Å². The first-order valence-electron chi connectivity index (χ1n) is 4.41. The Morgan fingerprint density at radius 3 is 2.82 bits per heavy atom. The largest absolute Gasteiger partial charge is 0.373 e. The van der Waals surface area contributed by atoms with Crippen LogP contribution in [0, 0.1) is 11.8 Å². The second kappa shape index (κ2) is 2.59. The molecule has 2 saturated carbocycles. The molecule has 2 nitrogen and oxygen atoms in total. The van der Waals surface area contributed by atoms with E-state index in [0.717, 1.165) is 6.42 Å². The minimum absolute atomic E-state index is 0.0414. The third kappa shape index (κ3) is 0.924. The van der Waals surface area contributed by atoms with E-state index in [4.69, 9.17) is 4.74 Å². The molecule has 0 heterocycles. The van der Waals surface area contributed by atoms with Gasteiger partial charge < -0.3 is 4.74 Å². The molecule has 0 saturated heterocycles. The first kappa shape index (κ1) is 7.29. The Labute approximate surface area is 66.9 Å². The van der Waals surface area contributed by atoms with Crippen LogP contribution >= 0.6 is 0 Å². The molecule has 2 aliphatic carbocycles. The van der Waals surface area contributed by atoms with E-state index < -0.39 is 0 Å². The summed E-state index contributed by atoms with van der Waals surface area (Å²) in [6.07, 6.45) is 4.80. The number of rotatable bonds is 1. The van der Waals surface area contributed by atoms with Gasteiger partial charge in [0.05, 0.1) is 0 Å². The summed E-state index contributed by atoms with van der Waals surface area (Å²) in [7, 11) is 1.65. The lowest BCUT2D eigenvalue weighted by Crippen LogP contribution is -2.54. The van der Waals surface area contributed by atoms with Crippen LogP contribution in [0.5, 0.6) is 0 Å². The highest BCUT2D eigenvalue weighted by molar-refractivity contribution is 5.92. The van der Waals surface area contributed by atoms with Crippen LogP contribution in [-0.2, 0) is 9.53 Å². The van der Waals surface area contributed by atoms with Crippen LogP contribution in [0.15, 0.2) is 0 Å². The van der Waals surface area contributed by atoms with Crippen molar-refractivity contribution in [2.45, 2.75) is 31.8 Å². The molecule has 62 valence electrons. The Hall–Kier alpha value is -0.370. The number of hydrogen-bond acceptors (Lipinski definition) is 2. The Kier molecular flexibility index (Phi) is 1.72. The molecule has 0 bridgehead atoms. The van der Waals surface area contributed by atoms with Crippen molar-refractivity contribution in [1.29, 1.82) is 0 Å². The van der Waals surface area contributed by atoms with E-state index in [1.54, 1.807) is 7.11 Å². The van der Waals surface area contributed by atoms with Crippen LogP contribution in [0.3, 0.4) is 0 Å². The molecule has 0 N–H and O–H groups in total. The number of Topliss-reactive ketones (excluding diaryl/α,β-unsaturated/α-hetero) is 1. The van der Waals surface area contributed by atoms with Crippen LogP contribution in [0.4, 0.5) is 0 Å². The summed E-state index contributed by atoms with van der Waals surface area (Å²) in [5.74, 6) is 1.30. The number of carbonyl (C=O) groups is 1. The van der Waals surface area contributed by atoms with Crippen LogP contribution in [0.25, 0.3) is 0 Å². The molecule has 0 spiro atoms. The smallest absolute Gasteiger partial charge is 0.165 e. The van der Waals surface area contributed by atoms with Gasteiger partial charge in [-0.1, -0.05) is 12.8 Å². The molecule has 11 heavy (non-hydrogen) atoms. The van der Waals surface area contributed by atoms with E-state index >= 15 is 0 Å². The van der Waals surface area contributed by atoms with Crippen molar-refractivity contribution in [2.75, 3.05) is 7.11 Å². The van der Waals surface area contributed by atoms with Gasteiger partial charge in [0.15, 0.2) is 5.78 Å². The minimum atomic E-state index is -0.0414. The summed E-state index contributed by atoms with van der Waals surface area (Å²) in [5.41, 5.74) is 0. The molecule has 0 radical (unpaired) electrons. The Balaban J connectivity index is 2.03. The highest BCUT2D eigenvalue weighted by Gasteiger charge is 2.50. The van der Waals surface area contributed by atoms with Crippen molar-refractivity contribution in [3.05, 3.63) is 0 Å². The van der Waals surface area contributed by atoms with E-state index in [1.165, 1.54) is 19.3 Å². The SMILES string of the molecule is COC1C(=O)[C@@H]2CCCC[C@H]12.